The van der Waals surface area contributed by atoms with E-state index in [1.54, 1.807) is 18.2 Å². The molecule has 0 aromatic heterocycles. The van der Waals surface area contributed by atoms with Gasteiger partial charge in [-0.2, -0.15) is 0 Å². The first kappa shape index (κ1) is 15.3. The Morgan fingerprint density at radius 3 is 2.60 bits per heavy atom. The lowest BCUT2D eigenvalue weighted by Gasteiger charge is -2.16. The van der Waals surface area contributed by atoms with Crippen molar-refractivity contribution in [1.82, 2.24) is 9.62 Å². The molecule has 20 heavy (non-hydrogen) atoms. The van der Waals surface area contributed by atoms with Crippen LogP contribution in [0.15, 0.2) is 29.2 Å². The Kier molecular flexibility index (Phi) is 5.39. The molecule has 112 valence electrons. The molecule has 0 aliphatic carbocycles. The van der Waals surface area contributed by atoms with Gasteiger partial charge in [0.1, 0.15) is 4.90 Å². The summed E-state index contributed by atoms with van der Waals surface area (Å²) in [5.41, 5.74) is 0.656. The molecule has 2 N–H and O–H groups in total. The van der Waals surface area contributed by atoms with Crippen LogP contribution in [0.4, 0.5) is 5.69 Å². The molecule has 0 amide bonds. The summed E-state index contributed by atoms with van der Waals surface area (Å²) < 4.78 is 27.4. The predicted octanol–water partition coefficient (Wildman–Crippen LogP) is 1.49. The SMILES string of the molecule is CCNc1ccccc1S(=O)(=O)NCCN1CCCC1. The Labute approximate surface area is 121 Å². The van der Waals surface area contributed by atoms with Crippen LogP contribution in [0.25, 0.3) is 0 Å². The van der Waals surface area contributed by atoms with Gasteiger partial charge in [-0.1, -0.05) is 12.1 Å². The molecule has 1 saturated heterocycles. The Morgan fingerprint density at radius 1 is 1.20 bits per heavy atom. The van der Waals surface area contributed by atoms with E-state index in [9.17, 15) is 8.42 Å². The van der Waals surface area contributed by atoms with Gasteiger partial charge in [0.2, 0.25) is 10.0 Å². The molecule has 0 radical (unpaired) electrons. The summed E-state index contributed by atoms with van der Waals surface area (Å²) in [6.07, 6.45) is 2.44. The van der Waals surface area contributed by atoms with Crippen LogP contribution in [-0.4, -0.2) is 46.0 Å². The lowest BCUT2D eigenvalue weighted by molar-refractivity contribution is 0.344. The zero-order valence-electron chi connectivity index (χ0n) is 11.9. The van der Waals surface area contributed by atoms with Crippen molar-refractivity contribution in [3.05, 3.63) is 24.3 Å². The van der Waals surface area contributed by atoms with Gasteiger partial charge in [-0.15, -0.1) is 0 Å². The first-order chi connectivity index (χ1) is 9.63. The van der Waals surface area contributed by atoms with E-state index in [1.807, 2.05) is 13.0 Å². The second-order valence-corrected chi connectivity index (χ2v) is 6.71. The largest absolute Gasteiger partial charge is 0.384 e. The average molecular weight is 297 g/mol. The lowest BCUT2D eigenvalue weighted by atomic mass is 10.3. The summed E-state index contributed by atoms with van der Waals surface area (Å²) in [6.45, 7) is 6.04. The van der Waals surface area contributed by atoms with Crippen molar-refractivity contribution in [2.45, 2.75) is 24.7 Å². The van der Waals surface area contributed by atoms with Gasteiger partial charge >= 0.3 is 0 Å². The van der Waals surface area contributed by atoms with Gasteiger partial charge in [0.15, 0.2) is 0 Å². The molecule has 1 fully saturated rings. The number of nitrogens with one attached hydrogen (secondary N) is 2. The minimum atomic E-state index is -3.44. The van der Waals surface area contributed by atoms with Gasteiger partial charge in [-0.3, -0.25) is 0 Å². The third-order valence-electron chi connectivity index (χ3n) is 3.46. The number of nitrogens with zero attached hydrogens (tertiary/aromatic N) is 1. The molecule has 1 aromatic rings. The molecule has 5 nitrogen and oxygen atoms in total. The highest BCUT2D eigenvalue weighted by molar-refractivity contribution is 7.89. The van der Waals surface area contributed by atoms with E-state index in [0.29, 0.717) is 23.7 Å². The van der Waals surface area contributed by atoms with Crippen LogP contribution in [0.5, 0.6) is 0 Å². The summed E-state index contributed by atoms with van der Waals surface area (Å²) in [7, 11) is -3.44. The minimum Gasteiger partial charge on any atom is -0.384 e. The molecule has 0 saturated carbocycles. The molecule has 0 unspecified atom stereocenters. The molecule has 1 aliphatic rings. The van der Waals surface area contributed by atoms with E-state index in [-0.39, 0.29) is 0 Å². The lowest BCUT2D eigenvalue weighted by Crippen LogP contribution is -2.33. The van der Waals surface area contributed by atoms with Crippen LogP contribution in [-0.2, 0) is 10.0 Å². The Balaban J connectivity index is 1.98. The molecular formula is C14H23N3O2S. The topological polar surface area (TPSA) is 61.4 Å². The third kappa shape index (κ3) is 3.94. The second kappa shape index (κ2) is 7.06. The van der Waals surface area contributed by atoms with E-state index in [4.69, 9.17) is 0 Å². The van der Waals surface area contributed by atoms with Gasteiger partial charge in [0.25, 0.3) is 0 Å². The number of benzene rings is 1. The maximum atomic E-state index is 12.3. The Morgan fingerprint density at radius 2 is 1.90 bits per heavy atom. The van der Waals surface area contributed by atoms with Crippen molar-refractivity contribution < 1.29 is 8.42 Å². The van der Waals surface area contributed by atoms with Crippen molar-refractivity contribution in [2.75, 3.05) is 38.0 Å². The monoisotopic (exact) mass is 297 g/mol. The van der Waals surface area contributed by atoms with Crippen molar-refractivity contribution in [2.24, 2.45) is 0 Å². The number of anilines is 1. The second-order valence-electron chi connectivity index (χ2n) is 4.97. The number of hydrogen-bond donors (Lipinski definition) is 2. The van der Waals surface area contributed by atoms with E-state index < -0.39 is 10.0 Å². The normalized spacial score (nSPS) is 16.4. The number of hydrogen-bond acceptors (Lipinski definition) is 4. The average Bonchev–Trinajstić information content (AvgIpc) is 2.92. The summed E-state index contributed by atoms with van der Waals surface area (Å²) >= 11 is 0. The van der Waals surface area contributed by atoms with Gasteiger partial charge < -0.3 is 10.2 Å². The van der Waals surface area contributed by atoms with Crippen molar-refractivity contribution in [1.29, 1.82) is 0 Å². The Bertz CT molecular complexity index is 525. The van der Waals surface area contributed by atoms with Crippen molar-refractivity contribution in [3.8, 4) is 0 Å². The van der Waals surface area contributed by atoms with Gasteiger partial charge in [-0.25, -0.2) is 13.1 Å². The van der Waals surface area contributed by atoms with E-state index >= 15 is 0 Å². The zero-order chi connectivity index (χ0) is 14.4. The standard InChI is InChI=1S/C14H23N3O2S/c1-2-15-13-7-3-4-8-14(13)20(18,19)16-9-12-17-10-5-6-11-17/h3-4,7-8,15-16H,2,5-6,9-12H2,1H3. The fraction of sp³-hybridized carbons (Fsp3) is 0.571. The maximum absolute atomic E-state index is 12.3. The molecule has 0 bridgehead atoms. The Hall–Kier alpha value is -1.11. The minimum absolute atomic E-state index is 0.322. The highest BCUT2D eigenvalue weighted by Gasteiger charge is 2.18. The number of sulfonamides is 1. The molecule has 1 aromatic carbocycles. The quantitative estimate of drug-likeness (QED) is 0.800. The highest BCUT2D eigenvalue weighted by Crippen LogP contribution is 2.20. The smallest absolute Gasteiger partial charge is 0.242 e. The molecule has 0 atom stereocenters. The highest BCUT2D eigenvalue weighted by atomic mass is 32.2. The van der Waals surface area contributed by atoms with E-state index in [2.05, 4.69) is 14.9 Å². The maximum Gasteiger partial charge on any atom is 0.242 e. The van der Waals surface area contributed by atoms with Crippen LogP contribution in [0.2, 0.25) is 0 Å². The fourth-order valence-corrected chi connectivity index (χ4v) is 3.66. The molecule has 1 heterocycles. The van der Waals surface area contributed by atoms with E-state index in [1.165, 1.54) is 12.8 Å². The number of rotatable bonds is 7. The van der Waals surface area contributed by atoms with Crippen LogP contribution in [0.1, 0.15) is 19.8 Å². The molecule has 2 rings (SSSR count). The molecular weight excluding hydrogens is 274 g/mol. The fourth-order valence-electron chi connectivity index (χ4n) is 2.46. The summed E-state index contributed by atoms with van der Waals surface area (Å²) in [5, 5.41) is 3.08. The van der Waals surface area contributed by atoms with Gasteiger partial charge in [0.05, 0.1) is 5.69 Å². The summed E-state index contributed by atoms with van der Waals surface area (Å²) in [4.78, 5) is 2.61. The number of likely N-dealkylation sites (tertiary alicyclic amines) is 1. The van der Waals surface area contributed by atoms with Crippen LogP contribution in [0, 0.1) is 0 Å². The van der Waals surface area contributed by atoms with Crippen molar-refractivity contribution >= 4 is 15.7 Å². The molecule has 1 aliphatic heterocycles. The summed E-state index contributed by atoms with van der Waals surface area (Å²) in [5.74, 6) is 0. The molecule has 6 heteroatoms. The van der Waals surface area contributed by atoms with E-state index in [0.717, 1.165) is 19.6 Å². The number of para-hydroxylation sites is 1. The van der Waals surface area contributed by atoms with Crippen LogP contribution in [0.3, 0.4) is 0 Å². The first-order valence-corrected chi connectivity index (χ1v) is 8.66. The van der Waals surface area contributed by atoms with Gasteiger partial charge in [-0.05, 0) is 45.0 Å². The summed E-state index contributed by atoms with van der Waals surface area (Å²) in [6, 6.07) is 7.01. The zero-order valence-corrected chi connectivity index (χ0v) is 12.7. The van der Waals surface area contributed by atoms with Gasteiger partial charge in [0, 0.05) is 19.6 Å². The van der Waals surface area contributed by atoms with Crippen LogP contribution < -0.4 is 10.0 Å². The third-order valence-corrected chi connectivity index (χ3v) is 4.98. The molecule has 0 spiro atoms. The van der Waals surface area contributed by atoms with Crippen molar-refractivity contribution in [3.63, 3.8) is 0 Å². The van der Waals surface area contributed by atoms with Crippen LogP contribution >= 0.6 is 0 Å². The predicted molar refractivity (Wildman–Crippen MR) is 81.5 cm³/mol. The first-order valence-electron chi connectivity index (χ1n) is 7.18.